The van der Waals surface area contributed by atoms with Gasteiger partial charge in [-0.15, -0.1) is 0 Å². The number of halogens is 3. The van der Waals surface area contributed by atoms with E-state index in [2.05, 4.69) is 4.72 Å². The van der Waals surface area contributed by atoms with Gasteiger partial charge in [0.15, 0.2) is 11.5 Å². The second-order valence-electron chi connectivity index (χ2n) is 7.01. The number of para-hydroxylation sites is 1. The summed E-state index contributed by atoms with van der Waals surface area (Å²) in [5.41, 5.74) is 0.325. The minimum Gasteiger partial charge on any atom is -0.493 e. The van der Waals surface area contributed by atoms with Crippen LogP contribution in [0.2, 0.25) is 0 Å². The Morgan fingerprint density at radius 1 is 0.824 bits per heavy atom. The maximum Gasteiger partial charge on any atom is 0.416 e. The van der Waals surface area contributed by atoms with Crippen LogP contribution >= 0.6 is 0 Å². The summed E-state index contributed by atoms with van der Waals surface area (Å²) in [7, 11) is 0.194. The van der Waals surface area contributed by atoms with Crippen molar-refractivity contribution in [1.82, 2.24) is 0 Å². The number of methoxy groups -OCH3 is 3. The fourth-order valence-corrected chi connectivity index (χ4v) is 4.30. The fourth-order valence-electron chi connectivity index (χ4n) is 3.16. The maximum atomic E-state index is 13.0. The first-order chi connectivity index (χ1) is 16.1. The molecule has 1 N–H and O–H groups in total. The summed E-state index contributed by atoms with van der Waals surface area (Å²) in [6.45, 7) is 0. The van der Waals surface area contributed by atoms with Gasteiger partial charge in [0.2, 0.25) is 5.75 Å². The molecule has 0 unspecified atom stereocenters. The van der Waals surface area contributed by atoms with E-state index in [4.69, 9.17) is 14.2 Å². The zero-order valence-electron chi connectivity index (χ0n) is 18.5. The Morgan fingerprint density at radius 2 is 1.47 bits per heavy atom. The molecule has 6 nitrogen and oxygen atoms in total. The van der Waals surface area contributed by atoms with Crippen LogP contribution in [0.1, 0.15) is 16.7 Å². The van der Waals surface area contributed by atoms with Crippen LogP contribution in [0.3, 0.4) is 0 Å². The van der Waals surface area contributed by atoms with Crippen LogP contribution in [0.5, 0.6) is 17.2 Å². The zero-order chi connectivity index (χ0) is 24.9. The predicted octanol–water partition coefficient (Wildman–Crippen LogP) is 5.70. The molecular weight excluding hydrogens is 471 g/mol. The summed E-state index contributed by atoms with van der Waals surface area (Å²) in [6, 6.07) is 13.5. The van der Waals surface area contributed by atoms with Crippen molar-refractivity contribution in [2.75, 3.05) is 26.1 Å². The molecule has 3 aromatic carbocycles. The van der Waals surface area contributed by atoms with E-state index in [1.165, 1.54) is 27.4 Å². The molecule has 0 aliphatic carbocycles. The zero-order valence-corrected chi connectivity index (χ0v) is 19.3. The Hall–Kier alpha value is -3.66. The molecule has 0 amide bonds. The summed E-state index contributed by atoms with van der Waals surface area (Å²) in [5, 5.41) is 0. The Kier molecular flexibility index (Phi) is 7.41. The summed E-state index contributed by atoms with van der Waals surface area (Å²) >= 11 is 0. The van der Waals surface area contributed by atoms with E-state index in [0.29, 0.717) is 34.4 Å². The lowest BCUT2D eigenvalue weighted by atomic mass is 10.1. The van der Waals surface area contributed by atoms with Crippen molar-refractivity contribution in [3.8, 4) is 17.2 Å². The van der Waals surface area contributed by atoms with Gasteiger partial charge in [0.1, 0.15) is 0 Å². The normalized spacial score (nSPS) is 11.9. The number of ether oxygens (including phenoxy) is 3. The van der Waals surface area contributed by atoms with Crippen molar-refractivity contribution in [3.05, 3.63) is 77.4 Å². The van der Waals surface area contributed by atoms with Crippen LogP contribution in [0.4, 0.5) is 18.9 Å². The summed E-state index contributed by atoms with van der Waals surface area (Å²) in [5.74, 6) is 1.32. The Morgan fingerprint density at radius 3 is 2.06 bits per heavy atom. The van der Waals surface area contributed by atoms with Crippen LogP contribution in [0.25, 0.3) is 12.2 Å². The number of nitrogens with one attached hydrogen (secondary N) is 1. The van der Waals surface area contributed by atoms with Crippen molar-refractivity contribution in [2.24, 2.45) is 0 Å². The van der Waals surface area contributed by atoms with E-state index >= 15 is 0 Å². The summed E-state index contributed by atoms with van der Waals surface area (Å²) in [6.07, 6.45) is -1.29. The molecule has 0 heterocycles. The Balaban J connectivity index is 1.94. The topological polar surface area (TPSA) is 73.9 Å². The number of rotatable bonds is 8. The number of alkyl halides is 3. The highest BCUT2D eigenvalue weighted by molar-refractivity contribution is 7.92. The molecule has 0 bridgehead atoms. The van der Waals surface area contributed by atoms with Crippen molar-refractivity contribution in [1.29, 1.82) is 0 Å². The monoisotopic (exact) mass is 493 g/mol. The van der Waals surface area contributed by atoms with E-state index in [9.17, 15) is 21.6 Å². The van der Waals surface area contributed by atoms with Crippen molar-refractivity contribution < 1.29 is 35.8 Å². The Bertz CT molecular complexity index is 1280. The van der Waals surface area contributed by atoms with E-state index in [0.717, 1.165) is 18.2 Å². The molecule has 0 atom stereocenters. The van der Waals surface area contributed by atoms with Gasteiger partial charge in [0, 0.05) is 0 Å². The van der Waals surface area contributed by atoms with Crippen LogP contribution in [-0.4, -0.2) is 29.7 Å². The van der Waals surface area contributed by atoms with Gasteiger partial charge in [-0.2, -0.15) is 13.2 Å². The summed E-state index contributed by atoms with van der Waals surface area (Å²) < 4.78 is 83.0. The summed E-state index contributed by atoms with van der Waals surface area (Å²) in [4.78, 5) is -0.495. The third-order valence-electron chi connectivity index (χ3n) is 4.82. The Labute approximate surface area is 195 Å². The standard InChI is InChI=1S/C24H22F3NO5S/c1-31-21-13-16(14-22(32-2)23(21)33-3)11-12-17-7-4-5-10-20(17)28-34(29,30)19-9-6-8-18(15-19)24(25,26)27/h4-15,28H,1-3H3/b12-11-. The highest BCUT2D eigenvalue weighted by Crippen LogP contribution is 2.39. The van der Waals surface area contributed by atoms with E-state index < -0.39 is 26.7 Å². The van der Waals surface area contributed by atoms with Crippen LogP contribution in [0, 0.1) is 0 Å². The van der Waals surface area contributed by atoms with Crippen LogP contribution in [0.15, 0.2) is 65.6 Å². The minimum atomic E-state index is -4.66. The molecule has 3 aromatic rings. The smallest absolute Gasteiger partial charge is 0.416 e. The van der Waals surface area contributed by atoms with Crippen molar-refractivity contribution in [2.45, 2.75) is 11.1 Å². The van der Waals surface area contributed by atoms with Gasteiger partial charge in [0.05, 0.1) is 37.5 Å². The molecule has 180 valence electrons. The first kappa shape index (κ1) is 25.0. The van der Waals surface area contributed by atoms with Crippen molar-refractivity contribution >= 4 is 27.9 Å². The largest absolute Gasteiger partial charge is 0.493 e. The van der Waals surface area contributed by atoms with Gasteiger partial charge in [0.25, 0.3) is 10.0 Å². The maximum absolute atomic E-state index is 13.0. The van der Waals surface area contributed by atoms with Crippen molar-refractivity contribution in [3.63, 3.8) is 0 Å². The van der Waals surface area contributed by atoms with Gasteiger partial charge < -0.3 is 14.2 Å². The molecule has 0 aliphatic rings. The molecule has 0 radical (unpaired) electrons. The molecule has 0 spiro atoms. The molecular formula is C24H22F3NO5S. The molecule has 34 heavy (non-hydrogen) atoms. The van der Waals surface area contributed by atoms with Gasteiger partial charge in [-0.25, -0.2) is 8.42 Å². The molecule has 0 saturated heterocycles. The molecule has 0 aromatic heterocycles. The van der Waals surface area contributed by atoms with Crippen LogP contribution in [-0.2, 0) is 16.2 Å². The van der Waals surface area contributed by atoms with Gasteiger partial charge in [-0.1, -0.05) is 36.4 Å². The fraction of sp³-hybridized carbons (Fsp3) is 0.167. The van der Waals surface area contributed by atoms with Gasteiger partial charge >= 0.3 is 6.18 Å². The number of hydrogen-bond acceptors (Lipinski definition) is 5. The second kappa shape index (κ2) is 10.1. The van der Waals surface area contributed by atoms with Gasteiger partial charge in [-0.05, 0) is 47.5 Å². The number of anilines is 1. The highest BCUT2D eigenvalue weighted by atomic mass is 32.2. The quantitative estimate of drug-likeness (QED) is 0.408. The highest BCUT2D eigenvalue weighted by Gasteiger charge is 2.31. The minimum absolute atomic E-state index is 0.198. The van der Waals surface area contributed by atoms with E-state index in [1.54, 1.807) is 42.5 Å². The number of benzene rings is 3. The second-order valence-corrected chi connectivity index (χ2v) is 8.69. The number of sulfonamides is 1. The molecule has 10 heteroatoms. The molecule has 0 fully saturated rings. The first-order valence-corrected chi connectivity index (χ1v) is 11.3. The lowest BCUT2D eigenvalue weighted by Crippen LogP contribution is -2.15. The average Bonchev–Trinajstić information content (AvgIpc) is 2.82. The number of hydrogen-bond donors (Lipinski definition) is 1. The lowest BCUT2D eigenvalue weighted by molar-refractivity contribution is -0.137. The lowest BCUT2D eigenvalue weighted by Gasteiger charge is -2.13. The molecule has 3 rings (SSSR count). The molecule has 0 saturated carbocycles. The predicted molar refractivity (Wildman–Crippen MR) is 124 cm³/mol. The van der Waals surface area contributed by atoms with Crippen LogP contribution < -0.4 is 18.9 Å². The van der Waals surface area contributed by atoms with E-state index in [1.807, 2.05) is 0 Å². The average molecular weight is 494 g/mol. The molecule has 0 aliphatic heterocycles. The third-order valence-corrected chi connectivity index (χ3v) is 6.18. The third kappa shape index (κ3) is 5.63. The van der Waals surface area contributed by atoms with E-state index in [-0.39, 0.29) is 5.69 Å². The van der Waals surface area contributed by atoms with Gasteiger partial charge in [-0.3, -0.25) is 4.72 Å². The first-order valence-electron chi connectivity index (χ1n) is 9.86. The SMILES string of the molecule is COc1cc(/C=C\c2ccccc2NS(=O)(=O)c2cccc(C(F)(F)F)c2)cc(OC)c1OC.